The van der Waals surface area contributed by atoms with Crippen molar-refractivity contribution in [1.29, 1.82) is 0 Å². The lowest BCUT2D eigenvalue weighted by atomic mass is 10.2. The van der Waals surface area contributed by atoms with E-state index in [4.69, 9.17) is 4.74 Å². The molecule has 0 atom stereocenters. The van der Waals surface area contributed by atoms with Gasteiger partial charge in [-0.05, 0) is 18.2 Å². The highest BCUT2D eigenvalue weighted by atomic mass is 32.2. The second kappa shape index (κ2) is 8.09. The van der Waals surface area contributed by atoms with E-state index in [1.165, 1.54) is 25.3 Å². The van der Waals surface area contributed by atoms with Gasteiger partial charge in [-0.2, -0.15) is 4.31 Å². The number of hydrogen-bond acceptors (Lipinski definition) is 4. The number of amides is 1. The molecule has 0 bridgehead atoms. The maximum atomic E-state index is 13.8. The highest BCUT2D eigenvalue weighted by Gasteiger charge is 2.21. The van der Waals surface area contributed by atoms with E-state index in [0.29, 0.717) is 11.4 Å². The second-order valence-corrected chi connectivity index (χ2v) is 7.39. The van der Waals surface area contributed by atoms with Gasteiger partial charge in [-0.3, -0.25) is 4.79 Å². The Labute approximate surface area is 146 Å². The Balaban J connectivity index is 2.11. The van der Waals surface area contributed by atoms with Crippen molar-refractivity contribution in [2.75, 3.05) is 25.2 Å². The Kier molecular flexibility index (Phi) is 6.11. The van der Waals surface area contributed by atoms with Crippen molar-refractivity contribution in [3.05, 3.63) is 59.9 Å². The zero-order valence-corrected chi connectivity index (χ0v) is 14.7. The van der Waals surface area contributed by atoms with Crippen LogP contribution in [-0.2, 0) is 21.4 Å². The Morgan fingerprint density at radius 3 is 2.56 bits per heavy atom. The van der Waals surface area contributed by atoms with E-state index < -0.39 is 28.3 Å². The Morgan fingerprint density at radius 1 is 1.20 bits per heavy atom. The summed E-state index contributed by atoms with van der Waals surface area (Å²) in [7, 11) is -2.20. The molecule has 0 saturated heterocycles. The van der Waals surface area contributed by atoms with Crippen LogP contribution < -0.4 is 10.1 Å². The zero-order valence-electron chi connectivity index (χ0n) is 13.9. The first-order valence-corrected chi connectivity index (χ1v) is 9.27. The molecular formula is C17H19FN2O4S. The quantitative estimate of drug-likeness (QED) is 0.815. The van der Waals surface area contributed by atoms with Gasteiger partial charge in [0, 0.05) is 23.9 Å². The largest absolute Gasteiger partial charge is 0.497 e. The first-order valence-electron chi connectivity index (χ1n) is 7.42. The van der Waals surface area contributed by atoms with Crippen LogP contribution in [-0.4, -0.2) is 38.5 Å². The van der Waals surface area contributed by atoms with Crippen molar-refractivity contribution >= 4 is 21.6 Å². The molecule has 0 aliphatic heterocycles. The molecule has 6 nitrogen and oxygen atoms in total. The smallest absolute Gasteiger partial charge is 0.239 e. The van der Waals surface area contributed by atoms with Crippen LogP contribution in [0.4, 0.5) is 10.1 Å². The summed E-state index contributed by atoms with van der Waals surface area (Å²) in [5, 5.41) is 2.60. The van der Waals surface area contributed by atoms with Crippen LogP contribution >= 0.6 is 0 Å². The molecule has 2 aromatic carbocycles. The summed E-state index contributed by atoms with van der Waals surface area (Å²) in [6, 6.07) is 12.5. The summed E-state index contributed by atoms with van der Waals surface area (Å²) in [6.45, 7) is -0.651. The summed E-state index contributed by atoms with van der Waals surface area (Å²) in [4.78, 5) is 12.2. The van der Waals surface area contributed by atoms with E-state index in [9.17, 15) is 17.6 Å². The first kappa shape index (κ1) is 18.9. The van der Waals surface area contributed by atoms with Gasteiger partial charge < -0.3 is 10.1 Å². The van der Waals surface area contributed by atoms with E-state index >= 15 is 0 Å². The van der Waals surface area contributed by atoms with Gasteiger partial charge in [-0.1, -0.05) is 24.3 Å². The summed E-state index contributed by atoms with van der Waals surface area (Å²) in [6.07, 6.45) is 0.979. The molecule has 0 spiro atoms. The molecule has 1 N–H and O–H groups in total. The van der Waals surface area contributed by atoms with Crippen LogP contribution in [0.2, 0.25) is 0 Å². The first-order chi connectivity index (χ1) is 11.8. The number of nitrogens with one attached hydrogen (secondary N) is 1. The van der Waals surface area contributed by atoms with Crippen molar-refractivity contribution in [2.45, 2.75) is 6.54 Å². The normalized spacial score (nSPS) is 11.4. The van der Waals surface area contributed by atoms with Crippen molar-refractivity contribution < 1.29 is 22.3 Å². The highest BCUT2D eigenvalue weighted by Crippen LogP contribution is 2.17. The number of methoxy groups -OCH3 is 1. The van der Waals surface area contributed by atoms with Crippen LogP contribution in [0, 0.1) is 5.82 Å². The predicted octanol–water partition coefficient (Wildman–Crippen LogP) is 2.23. The highest BCUT2D eigenvalue weighted by molar-refractivity contribution is 7.88. The number of carbonyl (C=O) groups excluding carboxylic acids is 1. The number of halogens is 1. The van der Waals surface area contributed by atoms with Crippen molar-refractivity contribution in [1.82, 2.24) is 4.31 Å². The monoisotopic (exact) mass is 366 g/mol. The SMILES string of the molecule is COc1cccc(NC(=O)CN(Cc2ccccc2F)S(C)(=O)=O)c1. The molecule has 134 valence electrons. The molecule has 0 heterocycles. The molecule has 0 aliphatic rings. The third-order valence-corrected chi connectivity index (χ3v) is 4.64. The van der Waals surface area contributed by atoms with Crippen molar-refractivity contribution in [3.63, 3.8) is 0 Å². The molecule has 0 aliphatic carbocycles. The van der Waals surface area contributed by atoms with Crippen LogP contribution in [0.15, 0.2) is 48.5 Å². The lowest BCUT2D eigenvalue weighted by Gasteiger charge is -2.20. The minimum atomic E-state index is -3.70. The van der Waals surface area contributed by atoms with Crippen molar-refractivity contribution in [2.24, 2.45) is 0 Å². The maximum absolute atomic E-state index is 13.8. The number of carbonyl (C=O) groups is 1. The number of rotatable bonds is 7. The summed E-state index contributed by atoms with van der Waals surface area (Å²) in [5.74, 6) is -0.497. The molecule has 0 aromatic heterocycles. The summed E-state index contributed by atoms with van der Waals surface area (Å²) < 4.78 is 43.6. The molecule has 0 fully saturated rings. The zero-order chi connectivity index (χ0) is 18.4. The third kappa shape index (κ3) is 5.54. The van der Waals surface area contributed by atoms with Crippen molar-refractivity contribution in [3.8, 4) is 5.75 Å². The van der Waals surface area contributed by atoms with Crippen LogP contribution in [0.25, 0.3) is 0 Å². The van der Waals surface area contributed by atoms with Gasteiger partial charge in [0.25, 0.3) is 0 Å². The fraction of sp³-hybridized carbons (Fsp3) is 0.235. The van der Waals surface area contributed by atoms with Gasteiger partial charge in [0.15, 0.2) is 0 Å². The molecule has 0 unspecified atom stereocenters. The minimum absolute atomic E-state index is 0.196. The number of hydrogen-bond donors (Lipinski definition) is 1. The Morgan fingerprint density at radius 2 is 1.92 bits per heavy atom. The van der Waals surface area contributed by atoms with Gasteiger partial charge in [0.1, 0.15) is 11.6 Å². The fourth-order valence-corrected chi connectivity index (χ4v) is 2.89. The van der Waals surface area contributed by atoms with Gasteiger partial charge in [-0.25, -0.2) is 12.8 Å². The average molecular weight is 366 g/mol. The van der Waals surface area contributed by atoms with Crippen LogP contribution in [0.3, 0.4) is 0 Å². The predicted molar refractivity (Wildman–Crippen MR) is 93.3 cm³/mol. The fourth-order valence-electron chi connectivity index (χ4n) is 2.17. The number of ether oxygens (including phenoxy) is 1. The molecule has 2 rings (SSSR count). The minimum Gasteiger partial charge on any atom is -0.497 e. The maximum Gasteiger partial charge on any atom is 0.239 e. The molecule has 25 heavy (non-hydrogen) atoms. The molecule has 2 aromatic rings. The van der Waals surface area contributed by atoms with Gasteiger partial charge in [0.05, 0.1) is 19.9 Å². The summed E-state index contributed by atoms with van der Waals surface area (Å²) >= 11 is 0. The van der Waals surface area contributed by atoms with Crippen LogP contribution in [0.1, 0.15) is 5.56 Å². The standard InChI is InChI=1S/C17H19FN2O4S/c1-24-15-8-5-7-14(10-15)19-17(21)12-20(25(2,22)23)11-13-6-3-4-9-16(13)18/h3-10H,11-12H2,1-2H3,(H,19,21). The number of benzene rings is 2. The topological polar surface area (TPSA) is 75.7 Å². The van der Waals surface area contributed by atoms with Gasteiger partial charge in [-0.15, -0.1) is 0 Å². The molecule has 8 heteroatoms. The Bertz CT molecular complexity index is 855. The lowest BCUT2D eigenvalue weighted by Crippen LogP contribution is -2.37. The third-order valence-electron chi connectivity index (χ3n) is 3.45. The van der Waals surface area contributed by atoms with Gasteiger partial charge in [0.2, 0.25) is 15.9 Å². The summed E-state index contributed by atoms with van der Waals surface area (Å²) in [5.41, 5.74) is 0.672. The number of nitrogens with zero attached hydrogens (tertiary/aromatic N) is 1. The van der Waals surface area contributed by atoms with E-state index in [1.807, 2.05) is 0 Å². The van der Waals surface area contributed by atoms with Crippen LogP contribution in [0.5, 0.6) is 5.75 Å². The molecular weight excluding hydrogens is 347 g/mol. The number of anilines is 1. The van der Waals surface area contributed by atoms with E-state index in [1.54, 1.807) is 30.3 Å². The molecule has 0 radical (unpaired) electrons. The second-order valence-electron chi connectivity index (χ2n) is 5.40. The molecule has 0 saturated carbocycles. The lowest BCUT2D eigenvalue weighted by molar-refractivity contribution is -0.116. The van der Waals surface area contributed by atoms with Gasteiger partial charge >= 0.3 is 0 Å². The van der Waals surface area contributed by atoms with E-state index in [-0.39, 0.29) is 12.1 Å². The van der Waals surface area contributed by atoms with E-state index in [2.05, 4.69) is 5.32 Å². The molecule has 1 amide bonds. The van der Waals surface area contributed by atoms with E-state index in [0.717, 1.165) is 10.6 Å². The average Bonchev–Trinajstić information content (AvgIpc) is 2.55. The number of sulfonamides is 1. The Hall–Kier alpha value is -2.45.